The van der Waals surface area contributed by atoms with Crippen LogP contribution in [-0.2, 0) is 4.74 Å². The molecular formula is C18H31NO. The lowest BCUT2D eigenvalue weighted by Gasteiger charge is -2.28. The lowest BCUT2D eigenvalue weighted by molar-refractivity contribution is -0.0108. The van der Waals surface area contributed by atoms with Gasteiger partial charge in [-0.15, -0.1) is 0 Å². The van der Waals surface area contributed by atoms with Crippen LogP contribution >= 0.6 is 0 Å². The van der Waals surface area contributed by atoms with E-state index in [0.717, 1.165) is 13.2 Å². The zero-order valence-electron chi connectivity index (χ0n) is 13.6. The highest BCUT2D eigenvalue weighted by Crippen LogP contribution is 2.21. The van der Waals surface area contributed by atoms with Gasteiger partial charge in [0.1, 0.15) is 0 Å². The van der Waals surface area contributed by atoms with E-state index in [1.165, 1.54) is 31.2 Å². The molecule has 1 aromatic carbocycles. The molecule has 1 N–H and O–H groups in total. The van der Waals surface area contributed by atoms with Gasteiger partial charge in [0, 0.05) is 19.2 Å². The number of rotatable bonds is 10. The third kappa shape index (κ3) is 6.53. The third-order valence-corrected chi connectivity index (χ3v) is 3.61. The number of hydrogen-bond donors (Lipinski definition) is 1. The number of benzene rings is 1. The predicted molar refractivity (Wildman–Crippen MR) is 87.0 cm³/mol. The summed E-state index contributed by atoms with van der Waals surface area (Å²) in [4.78, 5) is 0. The zero-order chi connectivity index (χ0) is 14.8. The van der Waals surface area contributed by atoms with Crippen LogP contribution < -0.4 is 5.32 Å². The van der Waals surface area contributed by atoms with Gasteiger partial charge in [0.05, 0.1) is 5.60 Å². The minimum Gasteiger partial charge on any atom is -0.375 e. The average Bonchev–Trinajstić information content (AvgIpc) is 2.43. The van der Waals surface area contributed by atoms with Crippen molar-refractivity contribution in [2.45, 2.75) is 65.0 Å². The van der Waals surface area contributed by atoms with Crippen LogP contribution in [0.3, 0.4) is 0 Å². The second-order valence-corrected chi connectivity index (χ2v) is 6.03. The van der Waals surface area contributed by atoms with E-state index in [4.69, 9.17) is 4.74 Å². The van der Waals surface area contributed by atoms with Crippen LogP contribution in [-0.4, -0.2) is 18.8 Å². The van der Waals surface area contributed by atoms with E-state index in [2.05, 4.69) is 63.3 Å². The first kappa shape index (κ1) is 17.2. The standard InChI is InChI=1S/C18H31NO/c1-5-7-9-14-17(16-12-10-8-11-13-16)19-15-18(3,4)20-6-2/h8,10-13,17,19H,5-7,9,14-15H2,1-4H3. The van der Waals surface area contributed by atoms with Crippen molar-refractivity contribution >= 4 is 0 Å². The van der Waals surface area contributed by atoms with E-state index < -0.39 is 0 Å². The quantitative estimate of drug-likeness (QED) is 0.625. The molecule has 0 amide bonds. The summed E-state index contributed by atoms with van der Waals surface area (Å²) < 4.78 is 5.78. The Morgan fingerprint density at radius 3 is 2.40 bits per heavy atom. The first-order valence-corrected chi connectivity index (χ1v) is 8.01. The highest BCUT2D eigenvalue weighted by atomic mass is 16.5. The van der Waals surface area contributed by atoms with Gasteiger partial charge in [0.2, 0.25) is 0 Å². The van der Waals surface area contributed by atoms with Gasteiger partial charge < -0.3 is 10.1 Å². The first-order valence-electron chi connectivity index (χ1n) is 8.01. The maximum absolute atomic E-state index is 5.78. The van der Waals surface area contributed by atoms with Crippen molar-refractivity contribution < 1.29 is 4.74 Å². The number of nitrogens with one attached hydrogen (secondary N) is 1. The van der Waals surface area contributed by atoms with Gasteiger partial charge in [0.25, 0.3) is 0 Å². The second-order valence-electron chi connectivity index (χ2n) is 6.03. The Labute approximate surface area is 124 Å². The molecule has 0 radical (unpaired) electrons. The maximum Gasteiger partial charge on any atom is 0.0750 e. The first-order chi connectivity index (χ1) is 9.59. The van der Waals surface area contributed by atoms with Crippen molar-refractivity contribution in [3.05, 3.63) is 35.9 Å². The van der Waals surface area contributed by atoms with E-state index in [1.807, 2.05) is 0 Å². The van der Waals surface area contributed by atoms with E-state index in [1.54, 1.807) is 0 Å². The summed E-state index contributed by atoms with van der Waals surface area (Å²) >= 11 is 0. The molecule has 0 spiro atoms. The van der Waals surface area contributed by atoms with Crippen LogP contribution in [0.15, 0.2) is 30.3 Å². The Hall–Kier alpha value is -0.860. The predicted octanol–water partition coefficient (Wildman–Crippen LogP) is 4.71. The summed E-state index contributed by atoms with van der Waals surface area (Å²) in [6.45, 7) is 10.3. The minimum absolute atomic E-state index is 0.105. The summed E-state index contributed by atoms with van der Waals surface area (Å²) in [6, 6.07) is 11.2. The van der Waals surface area contributed by atoms with Crippen LogP contribution in [0.25, 0.3) is 0 Å². The topological polar surface area (TPSA) is 21.3 Å². The highest BCUT2D eigenvalue weighted by molar-refractivity contribution is 5.18. The molecule has 0 saturated carbocycles. The Morgan fingerprint density at radius 1 is 1.10 bits per heavy atom. The van der Waals surface area contributed by atoms with E-state index in [-0.39, 0.29) is 5.60 Å². The summed E-state index contributed by atoms with van der Waals surface area (Å²) in [5, 5.41) is 3.70. The molecule has 0 fully saturated rings. The Morgan fingerprint density at radius 2 is 1.80 bits per heavy atom. The molecule has 0 aliphatic carbocycles. The van der Waals surface area contributed by atoms with Gasteiger partial charge in [-0.25, -0.2) is 0 Å². The summed E-state index contributed by atoms with van der Waals surface area (Å²) in [5.41, 5.74) is 1.28. The van der Waals surface area contributed by atoms with Gasteiger partial charge >= 0.3 is 0 Å². The molecule has 0 aliphatic rings. The summed E-state index contributed by atoms with van der Waals surface area (Å²) in [7, 11) is 0. The molecule has 20 heavy (non-hydrogen) atoms. The fourth-order valence-electron chi connectivity index (χ4n) is 2.48. The molecule has 0 saturated heterocycles. The van der Waals surface area contributed by atoms with Gasteiger partial charge in [-0.2, -0.15) is 0 Å². The highest BCUT2D eigenvalue weighted by Gasteiger charge is 2.20. The van der Waals surface area contributed by atoms with Crippen molar-refractivity contribution in [2.75, 3.05) is 13.2 Å². The molecule has 2 heteroatoms. The Balaban J connectivity index is 2.59. The third-order valence-electron chi connectivity index (χ3n) is 3.61. The van der Waals surface area contributed by atoms with Gasteiger partial charge in [-0.05, 0) is 32.8 Å². The molecule has 1 unspecified atom stereocenters. The monoisotopic (exact) mass is 277 g/mol. The molecule has 114 valence electrons. The summed E-state index contributed by atoms with van der Waals surface area (Å²) in [5.74, 6) is 0. The number of hydrogen-bond acceptors (Lipinski definition) is 2. The van der Waals surface area contributed by atoms with Crippen molar-refractivity contribution in [3.63, 3.8) is 0 Å². The lowest BCUT2D eigenvalue weighted by Crippen LogP contribution is -2.39. The fourth-order valence-corrected chi connectivity index (χ4v) is 2.48. The van der Waals surface area contributed by atoms with Gasteiger partial charge in [0.15, 0.2) is 0 Å². The lowest BCUT2D eigenvalue weighted by atomic mass is 9.99. The van der Waals surface area contributed by atoms with Crippen LogP contribution in [0.5, 0.6) is 0 Å². The van der Waals surface area contributed by atoms with Gasteiger partial charge in [-0.3, -0.25) is 0 Å². The van der Waals surface area contributed by atoms with Crippen LogP contribution in [0.2, 0.25) is 0 Å². The SMILES string of the molecule is CCCCCC(NCC(C)(C)OCC)c1ccccc1. The van der Waals surface area contributed by atoms with Gasteiger partial charge in [-0.1, -0.05) is 56.5 Å². The van der Waals surface area contributed by atoms with Crippen LogP contribution in [0.1, 0.15) is 65.0 Å². The number of unbranched alkanes of at least 4 members (excludes halogenated alkanes) is 2. The minimum atomic E-state index is -0.105. The second kappa shape index (κ2) is 9.15. The molecule has 0 heterocycles. The number of ether oxygens (including phenoxy) is 1. The molecule has 0 aromatic heterocycles. The Bertz CT molecular complexity index is 348. The average molecular weight is 277 g/mol. The largest absolute Gasteiger partial charge is 0.375 e. The molecule has 1 rings (SSSR count). The van der Waals surface area contributed by atoms with E-state index in [9.17, 15) is 0 Å². The fraction of sp³-hybridized carbons (Fsp3) is 0.667. The summed E-state index contributed by atoms with van der Waals surface area (Å²) in [6.07, 6.45) is 5.05. The van der Waals surface area contributed by atoms with Crippen molar-refractivity contribution in [3.8, 4) is 0 Å². The van der Waals surface area contributed by atoms with Crippen molar-refractivity contribution in [1.29, 1.82) is 0 Å². The van der Waals surface area contributed by atoms with E-state index in [0.29, 0.717) is 6.04 Å². The van der Waals surface area contributed by atoms with Crippen molar-refractivity contribution in [2.24, 2.45) is 0 Å². The normalized spacial score (nSPS) is 13.4. The molecule has 0 aliphatic heterocycles. The maximum atomic E-state index is 5.78. The van der Waals surface area contributed by atoms with E-state index >= 15 is 0 Å². The molecule has 0 bridgehead atoms. The Kier molecular flexibility index (Phi) is 7.86. The van der Waals surface area contributed by atoms with Crippen LogP contribution in [0, 0.1) is 0 Å². The molecular weight excluding hydrogens is 246 g/mol. The smallest absolute Gasteiger partial charge is 0.0750 e. The molecule has 1 aromatic rings. The zero-order valence-corrected chi connectivity index (χ0v) is 13.6. The van der Waals surface area contributed by atoms with Crippen LogP contribution in [0.4, 0.5) is 0 Å². The van der Waals surface area contributed by atoms with Crippen molar-refractivity contribution in [1.82, 2.24) is 5.32 Å². The molecule has 1 atom stereocenters. The molecule has 2 nitrogen and oxygen atoms in total.